The number of aromatic nitrogens is 4. The van der Waals surface area contributed by atoms with Crippen molar-refractivity contribution in [1.29, 1.82) is 0 Å². The van der Waals surface area contributed by atoms with Crippen molar-refractivity contribution in [3.05, 3.63) is 71.9 Å². The predicted molar refractivity (Wildman–Crippen MR) is 129 cm³/mol. The highest BCUT2D eigenvalue weighted by Gasteiger charge is 2.20. The first kappa shape index (κ1) is 21.3. The fourth-order valence-electron chi connectivity index (χ4n) is 4.28. The first-order valence-electron chi connectivity index (χ1n) is 11.4. The fraction of sp³-hybridized carbons (Fsp3) is 0.320. The highest BCUT2D eigenvalue weighted by atomic mass is 19.1. The minimum absolute atomic E-state index is 0.232. The minimum atomic E-state index is -0.232. The summed E-state index contributed by atoms with van der Waals surface area (Å²) in [4.78, 5) is 13.9. The smallest absolute Gasteiger partial charge is 0.223 e. The molecular formula is C25H28FN7. The van der Waals surface area contributed by atoms with E-state index in [0.29, 0.717) is 24.6 Å². The lowest BCUT2D eigenvalue weighted by molar-refractivity contribution is 0.410. The van der Waals surface area contributed by atoms with Gasteiger partial charge in [-0.15, -0.1) is 0 Å². The number of fused-ring (bicyclic) bond motifs is 1. The summed E-state index contributed by atoms with van der Waals surface area (Å²) in [5.74, 6) is 0.404. The lowest BCUT2D eigenvalue weighted by Gasteiger charge is -2.26. The summed E-state index contributed by atoms with van der Waals surface area (Å²) >= 11 is 0. The van der Waals surface area contributed by atoms with E-state index in [1.54, 1.807) is 12.1 Å². The van der Waals surface area contributed by atoms with Gasteiger partial charge in [0.25, 0.3) is 0 Å². The van der Waals surface area contributed by atoms with Crippen LogP contribution < -0.4 is 16.4 Å². The highest BCUT2D eigenvalue weighted by molar-refractivity contribution is 5.65. The third kappa shape index (κ3) is 4.80. The van der Waals surface area contributed by atoms with E-state index in [2.05, 4.69) is 20.6 Å². The summed E-state index contributed by atoms with van der Waals surface area (Å²) in [6.45, 7) is 2.61. The molecule has 1 saturated carbocycles. The third-order valence-electron chi connectivity index (χ3n) is 6.23. The molecule has 0 atom stereocenters. The fourth-order valence-corrected chi connectivity index (χ4v) is 4.28. The summed E-state index contributed by atoms with van der Waals surface area (Å²) in [6, 6.07) is 11.1. The third-order valence-corrected chi connectivity index (χ3v) is 6.23. The van der Waals surface area contributed by atoms with Crippen molar-refractivity contribution in [2.24, 2.45) is 5.73 Å². The number of benzene rings is 1. The van der Waals surface area contributed by atoms with Crippen LogP contribution in [0.5, 0.6) is 0 Å². The standard InChI is InChI=1S/C25H28FN7/c1-16-12-30-25(31-20-8-6-19(27)7-9-20)32-24(16)22-14-29-23-11-10-21(15-33(22)23)28-13-17-2-4-18(26)5-3-17/h2-5,10-12,14-15,19-20,28H,6-9,13,27H2,1H3,(H,30,31,32)/t19-,20-. The Balaban J connectivity index is 1.38. The van der Waals surface area contributed by atoms with Gasteiger partial charge in [-0.3, -0.25) is 4.40 Å². The first-order chi connectivity index (χ1) is 16.0. The summed E-state index contributed by atoms with van der Waals surface area (Å²) in [5.41, 5.74) is 11.6. The molecule has 1 fully saturated rings. The van der Waals surface area contributed by atoms with Crippen LogP contribution in [0.3, 0.4) is 0 Å². The molecule has 1 aliphatic carbocycles. The van der Waals surface area contributed by atoms with Crippen LogP contribution in [0.4, 0.5) is 16.0 Å². The molecule has 0 radical (unpaired) electrons. The quantitative estimate of drug-likeness (QED) is 0.404. The lowest BCUT2D eigenvalue weighted by Crippen LogP contribution is -2.33. The second-order valence-electron chi connectivity index (χ2n) is 8.75. The molecular weight excluding hydrogens is 417 g/mol. The summed E-state index contributed by atoms with van der Waals surface area (Å²) in [7, 11) is 0. The molecule has 0 saturated heterocycles. The second kappa shape index (κ2) is 9.15. The van der Waals surface area contributed by atoms with Crippen LogP contribution in [-0.2, 0) is 6.54 Å². The van der Waals surface area contributed by atoms with Gasteiger partial charge in [0.1, 0.15) is 11.5 Å². The molecule has 3 heterocycles. The first-order valence-corrected chi connectivity index (χ1v) is 11.4. The average molecular weight is 446 g/mol. The van der Waals surface area contributed by atoms with Crippen molar-refractivity contribution in [3.63, 3.8) is 0 Å². The van der Waals surface area contributed by atoms with Crippen molar-refractivity contribution in [1.82, 2.24) is 19.4 Å². The van der Waals surface area contributed by atoms with Gasteiger partial charge in [-0.05, 0) is 68.0 Å². The largest absolute Gasteiger partial charge is 0.380 e. The molecule has 0 aliphatic heterocycles. The number of imidazole rings is 1. The van der Waals surface area contributed by atoms with E-state index in [1.807, 2.05) is 42.0 Å². The number of rotatable bonds is 6. The van der Waals surface area contributed by atoms with Crippen LogP contribution in [0.15, 0.2) is 55.0 Å². The van der Waals surface area contributed by atoms with Crippen LogP contribution in [0, 0.1) is 12.7 Å². The number of hydrogen-bond acceptors (Lipinski definition) is 6. The summed E-state index contributed by atoms with van der Waals surface area (Å²) in [6.07, 6.45) is 9.83. The Morgan fingerprint density at radius 1 is 1.03 bits per heavy atom. The van der Waals surface area contributed by atoms with E-state index in [0.717, 1.165) is 59.5 Å². The van der Waals surface area contributed by atoms with Gasteiger partial charge in [-0.25, -0.2) is 19.3 Å². The highest BCUT2D eigenvalue weighted by Crippen LogP contribution is 2.26. The van der Waals surface area contributed by atoms with Gasteiger partial charge in [0.15, 0.2) is 0 Å². The number of pyridine rings is 1. The molecule has 0 bridgehead atoms. The van der Waals surface area contributed by atoms with E-state index in [1.165, 1.54) is 12.1 Å². The Morgan fingerprint density at radius 3 is 2.61 bits per heavy atom. The monoisotopic (exact) mass is 445 g/mol. The van der Waals surface area contributed by atoms with Crippen LogP contribution in [0.2, 0.25) is 0 Å². The zero-order valence-corrected chi connectivity index (χ0v) is 18.6. The van der Waals surface area contributed by atoms with Crippen LogP contribution in [0.1, 0.15) is 36.8 Å². The van der Waals surface area contributed by atoms with E-state index < -0.39 is 0 Å². The molecule has 1 aromatic carbocycles. The van der Waals surface area contributed by atoms with Crippen LogP contribution in [-0.4, -0.2) is 31.4 Å². The van der Waals surface area contributed by atoms with Crippen LogP contribution in [0.25, 0.3) is 17.0 Å². The number of nitrogens with two attached hydrogens (primary N) is 1. The zero-order valence-electron chi connectivity index (χ0n) is 18.6. The van der Waals surface area contributed by atoms with Gasteiger partial charge < -0.3 is 16.4 Å². The average Bonchev–Trinajstić information content (AvgIpc) is 3.24. The van der Waals surface area contributed by atoms with Crippen LogP contribution >= 0.6 is 0 Å². The van der Waals surface area contributed by atoms with E-state index >= 15 is 0 Å². The Kier molecular flexibility index (Phi) is 5.92. The second-order valence-corrected chi connectivity index (χ2v) is 8.75. The van der Waals surface area contributed by atoms with E-state index in [9.17, 15) is 4.39 Å². The molecule has 8 heteroatoms. The summed E-state index contributed by atoms with van der Waals surface area (Å²) < 4.78 is 15.2. The molecule has 7 nitrogen and oxygen atoms in total. The van der Waals surface area contributed by atoms with Gasteiger partial charge in [-0.2, -0.15) is 0 Å². The molecule has 4 N–H and O–H groups in total. The maximum Gasteiger partial charge on any atom is 0.223 e. The van der Waals surface area contributed by atoms with Gasteiger partial charge >= 0.3 is 0 Å². The normalized spacial score (nSPS) is 18.4. The van der Waals surface area contributed by atoms with Crippen molar-refractivity contribution < 1.29 is 4.39 Å². The Morgan fingerprint density at radius 2 is 1.82 bits per heavy atom. The molecule has 3 aromatic heterocycles. The predicted octanol–water partition coefficient (Wildman–Crippen LogP) is 4.53. The van der Waals surface area contributed by atoms with E-state index in [4.69, 9.17) is 10.7 Å². The van der Waals surface area contributed by atoms with Gasteiger partial charge in [0.2, 0.25) is 5.95 Å². The van der Waals surface area contributed by atoms with Crippen molar-refractivity contribution >= 4 is 17.3 Å². The summed E-state index contributed by atoms with van der Waals surface area (Å²) in [5, 5.41) is 6.88. The molecule has 170 valence electrons. The Labute approximate surface area is 192 Å². The van der Waals surface area contributed by atoms with Crippen molar-refractivity contribution in [2.45, 2.75) is 51.2 Å². The van der Waals surface area contributed by atoms with Gasteiger partial charge in [0, 0.05) is 31.0 Å². The number of nitrogens with zero attached hydrogens (tertiary/aromatic N) is 4. The topological polar surface area (TPSA) is 93.2 Å². The van der Waals surface area contributed by atoms with Crippen molar-refractivity contribution in [3.8, 4) is 11.4 Å². The van der Waals surface area contributed by atoms with Gasteiger partial charge in [0.05, 0.1) is 23.3 Å². The maximum absolute atomic E-state index is 13.2. The molecule has 0 unspecified atom stereocenters. The number of anilines is 2. The molecule has 1 aliphatic rings. The Bertz CT molecular complexity index is 1240. The molecule has 4 aromatic rings. The molecule has 0 amide bonds. The van der Waals surface area contributed by atoms with Gasteiger partial charge in [-0.1, -0.05) is 12.1 Å². The number of hydrogen-bond donors (Lipinski definition) is 3. The van der Waals surface area contributed by atoms with Crippen molar-refractivity contribution in [2.75, 3.05) is 10.6 Å². The lowest BCUT2D eigenvalue weighted by atomic mass is 9.92. The SMILES string of the molecule is Cc1cnc(N[C@H]2CC[C@H](N)CC2)nc1-c1cnc2ccc(NCc3ccc(F)cc3)cn12. The number of halogens is 1. The molecule has 33 heavy (non-hydrogen) atoms. The molecule has 5 rings (SSSR count). The molecule has 0 spiro atoms. The zero-order chi connectivity index (χ0) is 22.8. The Hall–Kier alpha value is -3.52. The van der Waals surface area contributed by atoms with E-state index in [-0.39, 0.29) is 5.82 Å². The maximum atomic E-state index is 13.2. The minimum Gasteiger partial charge on any atom is -0.380 e. The number of aryl methyl sites for hydroxylation is 1. The number of nitrogens with one attached hydrogen (secondary N) is 2.